The Labute approximate surface area is 159 Å². The number of nitrogens with zero attached hydrogens (tertiary/aromatic N) is 2. The largest absolute Gasteiger partial charge is 0.481 e. The molecule has 5 nitrogen and oxygen atoms in total. The first kappa shape index (κ1) is 18.0. The van der Waals surface area contributed by atoms with E-state index >= 15 is 0 Å². The summed E-state index contributed by atoms with van der Waals surface area (Å²) in [7, 11) is 0. The third-order valence-corrected chi connectivity index (χ3v) is 5.55. The topological polar surface area (TPSA) is 54.7 Å². The van der Waals surface area contributed by atoms with E-state index in [1.165, 1.54) is 21.8 Å². The molecule has 2 heterocycles. The number of hydrogen-bond donors (Lipinski definition) is 1. The number of aliphatic carboxylic acids is 1. The third kappa shape index (κ3) is 3.84. The molecule has 0 saturated carbocycles. The molecule has 1 fully saturated rings. The number of carbonyl (C=O) groups is 1. The number of fused-ring (bicyclic) bond motifs is 3. The number of likely N-dealkylation sites (tertiary alicyclic amines) is 1. The number of ether oxygens (including phenoxy) is 1. The van der Waals surface area contributed by atoms with Crippen LogP contribution in [0, 0.1) is 5.92 Å². The minimum absolute atomic E-state index is 0.226. The molecule has 1 aliphatic heterocycles. The van der Waals surface area contributed by atoms with Gasteiger partial charge in [-0.2, -0.15) is 0 Å². The van der Waals surface area contributed by atoms with E-state index < -0.39 is 5.97 Å². The minimum atomic E-state index is -0.674. The lowest BCUT2D eigenvalue weighted by Crippen LogP contribution is -2.40. The number of aromatic nitrogens is 1. The summed E-state index contributed by atoms with van der Waals surface area (Å²) in [5.74, 6) is -0.900. The van der Waals surface area contributed by atoms with Crippen molar-refractivity contribution in [3.8, 4) is 0 Å². The Bertz CT molecular complexity index is 880. The van der Waals surface area contributed by atoms with E-state index in [1.54, 1.807) is 0 Å². The van der Waals surface area contributed by atoms with E-state index in [1.807, 2.05) is 0 Å². The van der Waals surface area contributed by atoms with Crippen molar-refractivity contribution in [1.29, 1.82) is 0 Å². The Morgan fingerprint density at radius 3 is 2.30 bits per heavy atom. The van der Waals surface area contributed by atoms with Crippen LogP contribution in [0.5, 0.6) is 0 Å². The van der Waals surface area contributed by atoms with Gasteiger partial charge in [0.15, 0.2) is 0 Å². The van der Waals surface area contributed by atoms with Gasteiger partial charge >= 0.3 is 5.97 Å². The van der Waals surface area contributed by atoms with Crippen LogP contribution in [0.1, 0.15) is 12.8 Å². The van der Waals surface area contributed by atoms with E-state index in [2.05, 4.69) is 58.0 Å². The molecule has 4 rings (SSSR count). The molecule has 5 heteroatoms. The molecule has 1 aromatic heterocycles. The molecule has 0 radical (unpaired) electrons. The monoisotopic (exact) mass is 366 g/mol. The van der Waals surface area contributed by atoms with Gasteiger partial charge in [-0.05, 0) is 31.5 Å². The van der Waals surface area contributed by atoms with Crippen molar-refractivity contribution in [2.24, 2.45) is 5.92 Å². The van der Waals surface area contributed by atoms with Crippen LogP contribution in [0.25, 0.3) is 21.8 Å². The molecule has 0 spiro atoms. The summed E-state index contributed by atoms with van der Waals surface area (Å²) in [5, 5.41) is 11.7. The highest BCUT2D eigenvalue weighted by Gasteiger charge is 2.24. The Balaban J connectivity index is 1.34. The molecule has 142 valence electrons. The third-order valence-electron chi connectivity index (χ3n) is 5.55. The van der Waals surface area contributed by atoms with Crippen LogP contribution in [0.2, 0.25) is 0 Å². The number of carboxylic acids is 1. The highest BCUT2D eigenvalue weighted by atomic mass is 16.5. The molecule has 0 unspecified atom stereocenters. The van der Waals surface area contributed by atoms with Crippen molar-refractivity contribution in [3.05, 3.63) is 48.5 Å². The van der Waals surface area contributed by atoms with Gasteiger partial charge < -0.3 is 19.3 Å². The Morgan fingerprint density at radius 2 is 1.63 bits per heavy atom. The molecule has 1 atom stereocenters. The van der Waals surface area contributed by atoms with Crippen molar-refractivity contribution < 1.29 is 14.6 Å². The van der Waals surface area contributed by atoms with Crippen molar-refractivity contribution in [3.63, 3.8) is 0 Å². The molecular formula is C22H26N2O3. The fourth-order valence-electron chi connectivity index (χ4n) is 4.16. The second-order valence-corrected chi connectivity index (χ2v) is 7.28. The summed E-state index contributed by atoms with van der Waals surface area (Å²) < 4.78 is 8.22. The first-order chi connectivity index (χ1) is 13.2. The van der Waals surface area contributed by atoms with Gasteiger partial charge in [-0.1, -0.05) is 36.4 Å². The smallest absolute Gasteiger partial charge is 0.307 e. The van der Waals surface area contributed by atoms with Gasteiger partial charge in [-0.25, -0.2) is 0 Å². The van der Waals surface area contributed by atoms with Crippen LogP contribution in [0.15, 0.2) is 48.5 Å². The highest BCUT2D eigenvalue weighted by Crippen LogP contribution is 2.28. The molecule has 2 aromatic carbocycles. The van der Waals surface area contributed by atoms with Gasteiger partial charge in [0.1, 0.15) is 0 Å². The fraction of sp³-hybridized carbons (Fsp3) is 0.409. The SMILES string of the molecule is O=C(O)[C@@H]1CCCN(CCOCCn2c3ccccc3c3ccccc32)C1. The second kappa shape index (κ2) is 8.11. The molecule has 0 bridgehead atoms. The average Bonchev–Trinajstić information content (AvgIpc) is 3.02. The molecular weight excluding hydrogens is 340 g/mol. The summed E-state index contributed by atoms with van der Waals surface area (Å²) in [6.45, 7) is 4.52. The van der Waals surface area contributed by atoms with Crippen molar-refractivity contribution in [2.75, 3.05) is 32.8 Å². The molecule has 0 aliphatic carbocycles. The molecule has 0 amide bonds. The number of benzene rings is 2. The van der Waals surface area contributed by atoms with Crippen molar-refractivity contribution in [1.82, 2.24) is 9.47 Å². The zero-order chi connectivity index (χ0) is 18.6. The van der Waals surface area contributed by atoms with Gasteiger partial charge in [-0.3, -0.25) is 4.79 Å². The maximum Gasteiger partial charge on any atom is 0.307 e. The highest BCUT2D eigenvalue weighted by molar-refractivity contribution is 6.07. The summed E-state index contributed by atoms with van der Waals surface area (Å²) >= 11 is 0. The lowest BCUT2D eigenvalue weighted by molar-refractivity contribution is -0.143. The molecule has 1 N–H and O–H groups in total. The Morgan fingerprint density at radius 1 is 1.00 bits per heavy atom. The summed E-state index contributed by atoms with van der Waals surface area (Å²) in [4.78, 5) is 13.4. The minimum Gasteiger partial charge on any atom is -0.481 e. The van der Waals surface area contributed by atoms with E-state index in [0.717, 1.165) is 32.5 Å². The zero-order valence-electron chi connectivity index (χ0n) is 15.5. The summed E-state index contributed by atoms with van der Waals surface area (Å²) in [6.07, 6.45) is 1.75. The van der Waals surface area contributed by atoms with Crippen LogP contribution < -0.4 is 0 Å². The van der Waals surface area contributed by atoms with Gasteiger partial charge in [0.05, 0.1) is 19.1 Å². The normalized spacial score (nSPS) is 18.3. The molecule has 3 aromatic rings. The van der Waals surface area contributed by atoms with Crippen LogP contribution in [0.4, 0.5) is 0 Å². The van der Waals surface area contributed by atoms with Crippen molar-refractivity contribution in [2.45, 2.75) is 19.4 Å². The fourth-order valence-corrected chi connectivity index (χ4v) is 4.16. The average molecular weight is 366 g/mol. The number of hydrogen-bond acceptors (Lipinski definition) is 3. The van der Waals surface area contributed by atoms with E-state index in [0.29, 0.717) is 19.8 Å². The summed E-state index contributed by atoms with van der Waals surface area (Å²) in [6, 6.07) is 17.0. The number of rotatable bonds is 7. The Hall–Kier alpha value is -2.37. The van der Waals surface area contributed by atoms with Crippen LogP contribution in [0.3, 0.4) is 0 Å². The quantitative estimate of drug-likeness (QED) is 0.649. The van der Waals surface area contributed by atoms with Crippen molar-refractivity contribution >= 4 is 27.8 Å². The molecule has 27 heavy (non-hydrogen) atoms. The lowest BCUT2D eigenvalue weighted by Gasteiger charge is -2.30. The van der Waals surface area contributed by atoms with Gasteiger partial charge in [0.25, 0.3) is 0 Å². The first-order valence-electron chi connectivity index (χ1n) is 9.73. The van der Waals surface area contributed by atoms with Gasteiger partial charge in [-0.15, -0.1) is 0 Å². The maximum atomic E-state index is 11.2. The lowest BCUT2D eigenvalue weighted by atomic mass is 9.98. The van der Waals surface area contributed by atoms with Crippen LogP contribution in [-0.2, 0) is 16.1 Å². The number of piperidine rings is 1. The van der Waals surface area contributed by atoms with Gasteiger partial charge in [0, 0.05) is 41.4 Å². The van der Waals surface area contributed by atoms with E-state index in [-0.39, 0.29) is 5.92 Å². The van der Waals surface area contributed by atoms with E-state index in [9.17, 15) is 9.90 Å². The first-order valence-corrected chi connectivity index (χ1v) is 9.73. The second-order valence-electron chi connectivity index (χ2n) is 7.28. The Kier molecular flexibility index (Phi) is 5.41. The van der Waals surface area contributed by atoms with Crippen LogP contribution >= 0.6 is 0 Å². The number of carboxylic acid groups (broad SMARTS) is 1. The van der Waals surface area contributed by atoms with Crippen LogP contribution in [-0.4, -0.2) is 53.4 Å². The number of para-hydroxylation sites is 2. The maximum absolute atomic E-state index is 11.2. The van der Waals surface area contributed by atoms with Gasteiger partial charge in [0.2, 0.25) is 0 Å². The predicted molar refractivity (Wildman–Crippen MR) is 107 cm³/mol. The standard InChI is InChI=1S/C22H26N2O3/c25-22(26)17-6-5-11-23(16-17)12-14-27-15-13-24-20-9-3-1-7-18(20)19-8-2-4-10-21(19)24/h1-4,7-10,17H,5-6,11-16H2,(H,25,26)/t17-/m1/s1. The zero-order valence-corrected chi connectivity index (χ0v) is 15.5. The predicted octanol–water partition coefficient (Wildman–Crippen LogP) is 3.61. The molecule has 1 aliphatic rings. The van der Waals surface area contributed by atoms with E-state index in [4.69, 9.17) is 4.74 Å². The molecule has 1 saturated heterocycles. The summed E-state index contributed by atoms with van der Waals surface area (Å²) in [5.41, 5.74) is 2.48.